The van der Waals surface area contributed by atoms with Crippen LogP contribution in [0.1, 0.15) is 26.7 Å². The van der Waals surface area contributed by atoms with Gasteiger partial charge in [0.15, 0.2) is 5.58 Å². The fourth-order valence-electron chi connectivity index (χ4n) is 3.62. The van der Waals surface area contributed by atoms with Gasteiger partial charge in [0.1, 0.15) is 0 Å². The molecule has 0 aliphatic carbocycles. The first-order valence-electron chi connectivity index (χ1n) is 9.63. The van der Waals surface area contributed by atoms with E-state index in [0.717, 1.165) is 32.7 Å². The van der Waals surface area contributed by atoms with Gasteiger partial charge in [-0.05, 0) is 18.4 Å². The molecule has 0 saturated carbocycles. The minimum absolute atomic E-state index is 0.0979. The third-order valence-corrected chi connectivity index (χ3v) is 4.98. The van der Waals surface area contributed by atoms with Crippen molar-refractivity contribution in [1.29, 1.82) is 0 Å². The lowest BCUT2D eigenvalue weighted by Gasteiger charge is -2.35. The number of nitro groups is 1. The molecule has 2 heterocycles. The number of nitrogens with zero attached hydrogens (tertiary/aromatic N) is 4. The Bertz CT molecular complexity index is 909. The monoisotopic (exact) mass is 390 g/mol. The highest BCUT2D eigenvalue weighted by atomic mass is 16.6. The molecular weight excluding hydrogens is 364 g/mol. The van der Waals surface area contributed by atoms with Gasteiger partial charge in [-0.3, -0.25) is 24.4 Å². The average molecular weight is 390 g/mol. The summed E-state index contributed by atoms with van der Waals surface area (Å²) in [6.45, 7) is 9.05. The molecule has 1 aromatic heterocycles. The molecule has 0 unspecified atom stereocenters. The second-order valence-corrected chi connectivity index (χ2v) is 7.61. The van der Waals surface area contributed by atoms with E-state index < -0.39 is 10.7 Å². The molecule has 1 aliphatic rings. The van der Waals surface area contributed by atoms with Crippen LogP contribution in [0.5, 0.6) is 0 Å². The summed E-state index contributed by atoms with van der Waals surface area (Å²) in [5.41, 5.74) is 0.567. The van der Waals surface area contributed by atoms with Gasteiger partial charge >= 0.3 is 5.76 Å². The van der Waals surface area contributed by atoms with Crippen molar-refractivity contribution in [2.24, 2.45) is 5.92 Å². The van der Waals surface area contributed by atoms with E-state index in [1.54, 1.807) is 0 Å². The number of benzene rings is 1. The number of carbonyl (C=O) groups excluding carboxylic acids is 1. The van der Waals surface area contributed by atoms with E-state index in [1.807, 2.05) is 4.90 Å². The van der Waals surface area contributed by atoms with E-state index in [2.05, 4.69) is 18.7 Å². The van der Waals surface area contributed by atoms with E-state index >= 15 is 0 Å². The molecule has 1 saturated heterocycles. The van der Waals surface area contributed by atoms with Crippen LogP contribution in [0.15, 0.2) is 27.4 Å². The minimum Gasteiger partial charge on any atom is -0.407 e. The Morgan fingerprint density at radius 1 is 1.25 bits per heavy atom. The molecule has 0 atom stereocenters. The van der Waals surface area contributed by atoms with Crippen LogP contribution in [0, 0.1) is 16.0 Å². The highest BCUT2D eigenvalue weighted by molar-refractivity contribution is 5.77. The molecule has 0 radical (unpaired) electrons. The number of rotatable bonds is 7. The van der Waals surface area contributed by atoms with Crippen LogP contribution < -0.4 is 5.76 Å². The molecule has 1 aromatic carbocycles. The molecule has 152 valence electrons. The van der Waals surface area contributed by atoms with Crippen molar-refractivity contribution in [3.63, 3.8) is 0 Å². The molecule has 2 aromatic rings. The van der Waals surface area contributed by atoms with Gasteiger partial charge in [0.2, 0.25) is 5.91 Å². The van der Waals surface area contributed by atoms with Crippen LogP contribution in [0.25, 0.3) is 11.1 Å². The van der Waals surface area contributed by atoms with E-state index in [0.29, 0.717) is 30.8 Å². The second-order valence-electron chi connectivity index (χ2n) is 7.61. The van der Waals surface area contributed by atoms with E-state index in [1.165, 1.54) is 22.8 Å². The second kappa shape index (κ2) is 8.55. The SMILES string of the molecule is CC(C)CN1CCN(C(=O)CCCn2c(=O)oc3cc([N+](=O)[O-])ccc32)CC1. The van der Waals surface area contributed by atoms with Crippen molar-refractivity contribution in [1.82, 2.24) is 14.4 Å². The van der Waals surface area contributed by atoms with Gasteiger partial charge in [-0.15, -0.1) is 0 Å². The molecule has 1 aliphatic heterocycles. The molecule has 28 heavy (non-hydrogen) atoms. The smallest absolute Gasteiger partial charge is 0.407 e. The van der Waals surface area contributed by atoms with E-state index in [9.17, 15) is 19.7 Å². The van der Waals surface area contributed by atoms with Gasteiger partial charge < -0.3 is 9.32 Å². The predicted molar refractivity (Wildman–Crippen MR) is 104 cm³/mol. The molecule has 0 bridgehead atoms. The van der Waals surface area contributed by atoms with Crippen LogP contribution in [-0.4, -0.2) is 57.9 Å². The van der Waals surface area contributed by atoms with Gasteiger partial charge in [-0.25, -0.2) is 4.79 Å². The quantitative estimate of drug-likeness (QED) is 0.530. The molecule has 9 heteroatoms. The third kappa shape index (κ3) is 4.59. The van der Waals surface area contributed by atoms with Crippen molar-refractivity contribution in [3.05, 3.63) is 38.9 Å². The summed E-state index contributed by atoms with van der Waals surface area (Å²) in [7, 11) is 0. The highest BCUT2D eigenvalue weighted by Gasteiger charge is 2.21. The van der Waals surface area contributed by atoms with E-state index in [4.69, 9.17) is 4.42 Å². The molecule has 0 spiro atoms. The molecule has 1 fully saturated rings. The lowest BCUT2D eigenvalue weighted by Crippen LogP contribution is -2.49. The summed E-state index contributed by atoms with van der Waals surface area (Å²) in [6.07, 6.45) is 0.868. The summed E-state index contributed by atoms with van der Waals surface area (Å²) in [5, 5.41) is 10.8. The lowest BCUT2D eigenvalue weighted by atomic mass is 10.2. The number of aromatic nitrogens is 1. The standard InChI is InChI=1S/C19H26N4O5/c1-14(2)13-20-8-10-21(11-9-20)18(24)4-3-7-22-16-6-5-15(23(26)27)12-17(16)28-19(22)25/h5-6,12,14H,3-4,7-11,13H2,1-2H3. The first kappa shape index (κ1) is 20.1. The summed E-state index contributed by atoms with van der Waals surface area (Å²) >= 11 is 0. The van der Waals surface area contributed by atoms with Crippen molar-refractivity contribution < 1.29 is 14.1 Å². The zero-order valence-electron chi connectivity index (χ0n) is 16.3. The Labute approximate surface area is 162 Å². The minimum atomic E-state index is -0.565. The normalized spacial score (nSPS) is 15.5. The fourth-order valence-corrected chi connectivity index (χ4v) is 3.62. The van der Waals surface area contributed by atoms with Gasteiger partial charge in [-0.1, -0.05) is 13.8 Å². The summed E-state index contributed by atoms with van der Waals surface area (Å²) < 4.78 is 6.53. The van der Waals surface area contributed by atoms with Gasteiger partial charge in [0, 0.05) is 51.8 Å². The maximum atomic E-state index is 12.4. The van der Waals surface area contributed by atoms with Crippen LogP contribution in [0.2, 0.25) is 0 Å². The van der Waals surface area contributed by atoms with E-state index in [-0.39, 0.29) is 17.2 Å². The van der Waals surface area contributed by atoms with Gasteiger partial charge in [-0.2, -0.15) is 0 Å². The fraction of sp³-hybridized carbons (Fsp3) is 0.579. The van der Waals surface area contributed by atoms with Crippen molar-refractivity contribution in [2.45, 2.75) is 33.2 Å². The largest absolute Gasteiger partial charge is 0.419 e. The number of piperazine rings is 1. The summed E-state index contributed by atoms with van der Waals surface area (Å²) in [6, 6.07) is 4.10. The Morgan fingerprint density at radius 3 is 2.61 bits per heavy atom. The molecular formula is C19H26N4O5. The maximum absolute atomic E-state index is 12.4. The maximum Gasteiger partial charge on any atom is 0.419 e. The van der Waals surface area contributed by atoms with Crippen molar-refractivity contribution >= 4 is 22.7 Å². The number of aryl methyl sites for hydroxylation is 1. The van der Waals surface area contributed by atoms with Crippen LogP contribution >= 0.6 is 0 Å². The molecule has 0 N–H and O–H groups in total. The number of hydrogen-bond acceptors (Lipinski definition) is 6. The Kier molecular flexibility index (Phi) is 6.13. The zero-order chi connectivity index (χ0) is 20.3. The average Bonchev–Trinajstić information content (AvgIpc) is 2.96. The van der Waals surface area contributed by atoms with Gasteiger partial charge in [0.05, 0.1) is 16.5 Å². The number of fused-ring (bicyclic) bond motifs is 1. The summed E-state index contributed by atoms with van der Waals surface area (Å²) in [5.74, 6) is 0.151. The molecule has 1 amide bonds. The van der Waals surface area contributed by atoms with Crippen LogP contribution in [0.4, 0.5) is 5.69 Å². The van der Waals surface area contributed by atoms with Gasteiger partial charge in [0.25, 0.3) is 5.69 Å². The van der Waals surface area contributed by atoms with Crippen LogP contribution in [-0.2, 0) is 11.3 Å². The zero-order valence-corrected chi connectivity index (χ0v) is 16.3. The number of carbonyl (C=O) groups is 1. The number of oxazole rings is 1. The lowest BCUT2D eigenvalue weighted by molar-refractivity contribution is -0.384. The summed E-state index contributed by atoms with van der Waals surface area (Å²) in [4.78, 5) is 39.1. The molecule has 9 nitrogen and oxygen atoms in total. The highest BCUT2D eigenvalue weighted by Crippen LogP contribution is 2.20. The van der Waals surface area contributed by atoms with Crippen molar-refractivity contribution in [3.8, 4) is 0 Å². The Balaban J connectivity index is 1.54. The first-order valence-corrected chi connectivity index (χ1v) is 9.63. The topological polar surface area (TPSA) is 102 Å². The predicted octanol–water partition coefficient (Wildman–Crippen LogP) is 2.08. The first-order chi connectivity index (χ1) is 13.3. The van der Waals surface area contributed by atoms with Crippen LogP contribution in [0.3, 0.4) is 0 Å². The number of nitro benzene ring substituents is 1. The number of hydrogen-bond donors (Lipinski definition) is 0. The number of non-ortho nitro benzene ring substituents is 1. The Morgan fingerprint density at radius 2 is 1.96 bits per heavy atom. The number of amides is 1. The van der Waals surface area contributed by atoms with Crippen molar-refractivity contribution in [2.75, 3.05) is 32.7 Å². The molecule has 3 rings (SSSR count). The Hall–Kier alpha value is -2.68. The third-order valence-electron chi connectivity index (χ3n) is 4.98.